The summed E-state index contributed by atoms with van der Waals surface area (Å²) in [6.45, 7) is 0.565. The van der Waals surface area contributed by atoms with Crippen LogP contribution in [-0.4, -0.2) is 6.29 Å². The molecule has 2 aromatic rings. The van der Waals surface area contributed by atoms with E-state index in [1.54, 1.807) is 6.08 Å². The highest BCUT2D eigenvalue weighted by Gasteiger charge is 1.97. The van der Waals surface area contributed by atoms with Crippen molar-refractivity contribution in [3.8, 4) is 11.1 Å². The van der Waals surface area contributed by atoms with Crippen molar-refractivity contribution in [2.45, 2.75) is 6.54 Å². The van der Waals surface area contributed by atoms with E-state index in [0.29, 0.717) is 6.54 Å². The van der Waals surface area contributed by atoms with Crippen LogP contribution in [0.25, 0.3) is 17.2 Å². The molecule has 0 aliphatic rings. The van der Waals surface area contributed by atoms with Crippen LogP contribution in [0.15, 0.2) is 54.6 Å². The van der Waals surface area contributed by atoms with Crippen LogP contribution in [-0.2, 0) is 11.3 Å². The third-order valence-electron chi connectivity index (χ3n) is 2.80. The highest BCUT2D eigenvalue weighted by atomic mass is 16.1. The molecule has 0 saturated heterocycles. The van der Waals surface area contributed by atoms with Gasteiger partial charge in [-0.05, 0) is 28.3 Å². The van der Waals surface area contributed by atoms with Gasteiger partial charge in [0, 0.05) is 6.54 Å². The van der Waals surface area contributed by atoms with Crippen molar-refractivity contribution >= 4 is 12.4 Å². The molecule has 0 heterocycles. The first-order valence-electron chi connectivity index (χ1n) is 5.85. The highest BCUT2D eigenvalue weighted by Crippen LogP contribution is 2.20. The lowest BCUT2D eigenvalue weighted by Crippen LogP contribution is -1.95. The minimum atomic E-state index is 0.565. The predicted molar refractivity (Wildman–Crippen MR) is 74.9 cm³/mol. The second kappa shape index (κ2) is 5.94. The Morgan fingerprint density at radius 2 is 1.44 bits per heavy atom. The molecule has 2 nitrogen and oxygen atoms in total. The summed E-state index contributed by atoms with van der Waals surface area (Å²) in [5.74, 6) is 0. The second-order valence-electron chi connectivity index (χ2n) is 4.02. The molecule has 0 aliphatic carbocycles. The van der Waals surface area contributed by atoms with Crippen LogP contribution < -0.4 is 5.73 Å². The second-order valence-corrected chi connectivity index (χ2v) is 4.02. The third-order valence-corrected chi connectivity index (χ3v) is 2.80. The van der Waals surface area contributed by atoms with Gasteiger partial charge in [0.1, 0.15) is 6.29 Å². The average molecular weight is 237 g/mol. The lowest BCUT2D eigenvalue weighted by Gasteiger charge is -2.03. The molecule has 0 amide bonds. The zero-order valence-corrected chi connectivity index (χ0v) is 10.0. The van der Waals surface area contributed by atoms with E-state index in [2.05, 4.69) is 12.1 Å². The standard InChI is InChI=1S/C16H15NO/c17-12-14-5-9-16(10-6-14)15-7-3-13(4-8-15)2-1-11-18/h1-11H,12,17H2/b2-1+. The number of hydrogen-bond acceptors (Lipinski definition) is 2. The summed E-state index contributed by atoms with van der Waals surface area (Å²) in [4.78, 5) is 10.2. The van der Waals surface area contributed by atoms with E-state index < -0.39 is 0 Å². The highest BCUT2D eigenvalue weighted by molar-refractivity contribution is 5.74. The Morgan fingerprint density at radius 1 is 0.889 bits per heavy atom. The minimum Gasteiger partial charge on any atom is -0.326 e. The van der Waals surface area contributed by atoms with Crippen molar-refractivity contribution < 1.29 is 4.79 Å². The maximum atomic E-state index is 10.2. The molecule has 0 aromatic heterocycles. The Bertz CT molecular complexity index is 538. The first kappa shape index (κ1) is 12.3. The Morgan fingerprint density at radius 3 is 1.94 bits per heavy atom. The van der Waals surface area contributed by atoms with Gasteiger partial charge in [-0.15, -0.1) is 0 Å². The summed E-state index contributed by atoms with van der Waals surface area (Å²) < 4.78 is 0. The normalized spacial score (nSPS) is 10.7. The Kier molecular flexibility index (Phi) is 4.05. The summed E-state index contributed by atoms with van der Waals surface area (Å²) in [5, 5.41) is 0. The smallest absolute Gasteiger partial charge is 0.142 e. The number of hydrogen-bond donors (Lipinski definition) is 1. The summed E-state index contributed by atoms with van der Waals surface area (Å²) in [6, 6.07) is 16.3. The van der Waals surface area contributed by atoms with Gasteiger partial charge in [0.2, 0.25) is 0 Å². The molecule has 0 fully saturated rings. The summed E-state index contributed by atoms with van der Waals surface area (Å²) >= 11 is 0. The van der Waals surface area contributed by atoms with E-state index in [9.17, 15) is 4.79 Å². The fourth-order valence-electron chi connectivity index (χ4n) is 1.77. The molecule has 0 radical (unpaired) electrons. The molecule has 90 valence electrons. The van der Waals surface area contributed by atoms with E-state index in [0.717, 1.165) is 28.5 Å². The zero-order valence-electron chi connectivity index (χ0n) is 10.0. The maximum Gasteiger partial charge on any atom is 0.142 e. The number of nitrogens with two attached hydrogens (primary N) is 1. The monoisotopic (exact) mass is 237 g/mol. The van der Waals surface area contributed by atoms with Gasteiger partial charge in [0.15, 0.2) is 0 Å². The maximum absolute atomic E-state index is 10.2. The van der Waals surface area contributed by atoms with Crippen LogP contribution in [0.3, 0.4) is 0 Å². The number of carbonyl (C=O) groups is 1. The van der Waals surface area contributed by atoms with Crippen LogP contribution in [0.1, 0.15) is 11.1 Å². The van der Waals surface area contributed by atoms with Crippen molar-refractivity contribution in [2.75, 3.05) is 0 Å². The summed E-state index contributed by atoms with van der Waals surface area (Å²) in [7, 11) is 0. The molecule has 0 aliphatic heterocycles. The van der Waals surface area contributed by atoms with E-state index in [1.165, 1.54) is 6.08 Å². The number of allylic oxidation sites excluding steroid dienone is 1. The van der Waals surface area contributed by atoms with Crippen LogP contribution in [0.4, 0.5) is 0 Å². The van der Waals surface area contributed by atoms with Crippen molar-refractivity contribution in [1.82, 2.24) is 0 Å². The third kappa shape index (κ3) is 2.93. The van der Waals surface area contributed by atoms with Gasteiger partial charge < -0.3 is 5.73 Å². The lowest BCUT2D eigenvalue weighted by atomic mass is 10.0. The van der Waals surface area contributed by atoms with Gasteiger partial charge in [-0.3, -0.25) is 4.79 Å². The largest absolute Gasteiger partial charge is 0.326 e. The van der Waals surface area contributed by atoms with E-state index in [1.807, 2.05) is 36.4 Å². The van der Waals surface area contributed by atoms with Gasteiger partial charge >= 0.3 is 0 Å². The van der Waals surface area contributed by atoms with Crippen molar-refractivity contribution in [1.29, 1.82) is 0 Å². The van der Waals surface area contributed by atoms with Crippen molar-refractivity contribution in [3.05, 3.63) is 65.7 Å². The van der Waals surface area contributed by atoms with Gasteiger partial charge in [-0.2, -0.15) is 0 Å². The molecule has 2 rings (SSSR count). The average Bonchev–Trinajstić information content (AvgIpc) is 2.46. The van der Waals surface area contributed by atoms with Crippen LogP contribution >= 0.6 is 0 Å². The molecular formula is C16H15NO. The molecule has 2 heteroatoms. The number of rotatable bonds is 4. The molecular weight excluding hydrogens is 222 g/mol. The Balaban J connectivity index is 2.22. The number of aldehydes is 1. The molecule has 0 spiro atoms. The summed E-state index contributed by atoms with van der Waals surface area (Å²) in [6.07, 6.45) is 4.05. The molecule has 0 unspecified atom stereocenters. The van der Waals surface area contributed by atoms with Crippen LogP contribution in [0.2, 0.25) is 0 Å². The number of benzene rings is 2. The van der Waals surface area contributed by atoms with Gasteiger partial charge in [-0.1, -0.05) is 54.6 Å². The minimum absolute atomic E-state index is 0.565. The molecule has 2 aromatic carbocycles. The first-order chi connectivity index (χ1) is 8.83. The van der Waals surface area contributed by atoms with Gasteiger partial charge in [0.25, 0.3) is 0 Å². The zero-order chi connectivity index (χ0) is 12.8. The molecule has 18 heavy (non-hydrogen) atoms. The Hall–Kier alpha value is -2.19. The molecule has 0 atom stereocenters. The lowest BCUT2D eigenvalue weighted by molar-refractivity contribution is -0.104. The Labute approximate surface area is 107 Å². The fourth-order valence-corrected chi connectivity index (χ4v) is 1.77. The van der Waals surface area contributed by atoms with E-state index in [-0.39, 0.29) is 0 Å². The SMILES string of the molecule is NCc1ccc(-c2ccc(/C=C/C=O)cc2)cc1. The topological polar surface area (TPSA) is 43.1 Å². The molecule has 0 saturated carbocycles. The first-order valence-corrected chi connectivity index (χ1v) is 5.85. The van der Waals surface area contributed by atoms with Crippen molar-refractivity contribution in [3.63, 3.8) is 0 Å². The predicted octanol–water partition coefficient (Wildman–Crippen LogP) is 3.02. The van der Waals surface area contributed by atoms with E-state index >= 15 is 0 Å². The van der Waals surface area contributed by atoms with Crippen molar-refractivity contribution in [2.24, 2.45) is 5.73 Å². The van der Waals surface area contributed by atoms with Crippen LogP contribution in [0, 0.1) is 0 Å². The molecule has 0 bridgehead atoms. The van der Waals surface area contributed by atoms with Crippen LogP contribution in [0.5, 0.6) is 0 Å². The summed E-state index contributed by atoms with van der Waals surface area (Å²) in [5.41, 5.74) is 10.0. The van der Waals surface area contributed by atoms with Gasteiger partial charge in [0.05, 0.1) is 0 Å². The fraction of sp³-hybridized carbons (Fsp3) is 0.0625. The molecule has 2 N–H and O–H groups in total. The van der Waals surface area contributed by atoms with Gasteiger partial charge in [-0.25, -0.2) is 0 Å². The number of carbonyl (C=O) groups excluding carboxylic acids is 1. The quantitative estimate of drug-likeness (QED) is 0.656. The van der Waals surface area contributed by atoms with E-state index in [4.69, 9.17) is 5.73 Å².